The van der Waals surface area contributed by atoms with E-state index in [9.17, 15) is 9.59 Å². The lowest BCUT2D eigenvalue weighted by molar-refractivity contribution is -0.114. The monoisotopic (exact) mass is 449 g/mol. The number of carbonyl (C=O) groups is 2. The zero-order chi connectivity index (χ0) is 21.3. The van der Waals surface area contributed by atoms with E-state index in [2.05, 4.69) is 37.0 Å². The lowest BCUT2D eigenvalue weighted by Crippen LogP contribution is -2.47. The molecule has 2 fully saturated rings. The van der Waals surface area contributed by atoms with Crippen molar-refractivity contribution in [2.45, 2.75) is 37.2 Å². The van der Waals surface area contributed by atoms with Gasteiger partial charge in [-0.2, -0.15) is 0 Å². The molecule has 1 aromatic carbocycles. The maximum Gasteiger partial charge on any atom is 0.251 e. The average Bonchev–Trinajstić information content (AvgIpc) is 3.38. The maximum atomic E-state index is 12.1. The number of hydrazine groups is 1. The molecule has 160 valence electrons. The number of benzene rings is 1. The SMILES string of the molecule is CNC(=O)c1cc(NC(C)=O)cc(-c2nnc(NC3CCC4NNCC4C3Cl)s2)c1. The summed E-state index contributed by atoms with van der Waals surface area (Å²) in [7, 11) is 1.56. The van der Waals surface area contributed by atoms with E-state index >= 15 is 0 Å². The van der Waals surface area contributed by atoms with Crippen molar-refractivity contribution in [3.63, 3.8) is 0 Å². The molecule has 1 aliphatic heterocycles. The van der Waals surface area contributed by atoms with Gasteiger partial charge in [-0.3, -0.25) is 20.4 Å². The first-order valence-electron chi connectivity index (χ1n) is 9.82. The fraction of sp³-hybridized carbons (Fsp3) is 0.474. The fourth-order valence-electron chi connectivity index (χ4n) is 4.01. The largest absolute Gasteiger partial charge is 0.356 e. The van der Waals surface area contributed by atoms with Crippen LogP contribution in [0.5, 0.6) is 0 Å². The number of rotatable bonds is 5. The van der Waals surface area contributed by atoms with Crippen LogP contribution in [0.25, 0.3) is 10.6 Å². The summed E-state index contributed by atoms with van der Waals surface area (Å²) in [4.78, 5) is 23.6. The summed E-state index contributed by atoms with van der Waals surface area (Å²) in [6.45, 7) is 2.28. The van der Waals surface area contributed by atoms with Crippen molar-refractivity contribution in [3.8, 4) is 10.6 Å². The van der Waals surface area contributed by atoms with Crippen LogP contribution >= 0.6 is 22.9 Å². The number of hydrogen-bond donors (Lipinski definition) is 5. The average molecular weight is 450 g/mol. The Kier molecular flexibility index (Phi) is 6.19. The van der Waals surface area contributed by atoms with E-state index in [0.717, 1.165) is 19.4 Å². The highest BCUT2D eigenvalue weighted by Crippen LogP contribution is 2.35. The smallest absolute Gasteiger partial charge is 0.251 e. The minimum atomic E-state index is -0.244. The van der Waals surface area contributed by atoms with Gasteiger partial charge in [-0.1, -0.05) is 11.3 Å². The molecule has 0 spiro atoms. The maximum absolute atomic E-state index is 12.1. The van der Waals surface area contributed by atoms with Gasteiger partial charge in [0.05, 0.1) is 5.38 Å². The van der Waals surface area contributed by atoms with Gasteiger partial charge in [0, 0.05) is 55.3 Å². The van der Waals surface area contributed by atoms with Gasteiger partial charge in [-0.15, -0.1) is 21.8 Å². The molecule has 4 unspecified atom stereocenters. The third-order valence-electron chi connectivity index (χ3n) is 5.45. The van der Waals surface area contributed by atoms with E-state index in [-0.39, 0.29) is 23.2 Å². The molecule has 1 saturated heterocycles. The predicted octanol–water partition coefficient (Wildman–Crippen LogP) is 1.80. The molecule has 2 aliphatic rings. The van der Waals surface area contributed by atoms with Crippen molar-refractivity contribution in [2.24, 2.45) is 5.92 Å². The molecule has 30 heavy (non-hydrogen) atoms. The topological polar surface area (TPSA) is 120 Å². The van der Waals surface area contributed by atoms with Crippen LogP contribution < -0.4 is 26.8 Å². The van der Waals surface area contributed by atoms with Gasteiger partial charge in [-0.25, -0.2) is 0 Å². The molecular weight excluding hydrogens is 426 g/mol. The van der Waals surface area contributed by atoms with Gasteiger partial charge >= 0.3 is 0 Å². The minimum Gasteiger partial charge on any atom is -0.356 e. The normalized spacial score (nSPS) is 25.4. The molecule has 1 aliphatic carbocycles. The lowest BCUT2D eigenvalue weighted by atomic mass is 9.82. The number of aromatic nitrogens is 2. The van der Waals surface area contributed by atoms with Crippen molar-refractivity contribution < 1.29 is 9.59 Å². The highest BCUT2D eigenvalue weighted by Gasteiger charge is 2.41. The molecule has 4 rings (SSSR count). The van der Waals surface area contributed by atoms with Crippen LogP contribution in [-0.4, -0.2) is 53.1 Å². The second-order valence-electron chi connectivity index (χ2n) is 7.54. The summed E-state index contributed by atoms with van der Waals surface area (Å²) in [5.74, 6) is -0.0872. The molecule has 9 nitrogen and oxygen atoms in total. The van der Waals surface area contributed by atoms with Crippen LogP contribution in [0.3, 0.4) is 0 Å². The predicted molar refractivity (Wildman–Crippen MR) is 118 cm³/mol. The van der Waals surface area contributed by atoms with E-state index in [1.807, 2.05) is 0 Å². The Labute approximate surface area is 183 Å². The van der Waals surface area contributed by atoms with Crippen molar-refractivity contribution in [1.29, 1.82) is 0 Å². The minimum absolute atomic E-state index is 0.0125. The Hall–Kier alpha value is -2.27. The highest BCUT2D eigenvalue weighted by molar-refractivity contribution is 7.18. The van der Waals surface area contributed by atoms with Gasteiger partial charge in [0.15, 0.2) is 0 Å². The second-order valence-corrected chi connectivity index (χ2v) is 9.02. The lowest BCUT2D eigenvalue weighted by Gasteiger charge is -2.35. The van der Waals surface area contributed by atoms with Gasteiger partial charge < -0.3 is 16.0 Å². The zero-order valence-electron chi connectivity index (χ0n) is 16.7. The third-order valence-corrected chi connectivity index (χ3v) is 6.98. The molecular formula is C19H24ClN7O2S. The first-order valence-corrected chi connectivity index (χ1v) is 11.1. The standard InChI is InChI=1S/C19H24ClN7O2S/c1-9(28)23-12-6-10(17(29)21-2)5-11(7-12)18-26-27-19(30-18)24-15-4-3-14-13(16(15)20)8-22-25-14/h5-7,13-16,22,25H,3-4,8H2,1-2H3,(H,21,29)(H,23,28)(H,24,27). The summed E-state index contributed by atoms with van der Waals surface area (Å²) in [6, 6.07) is 5.67. The van der Waals surface area contributed by atoms with E-state index in [0.29, 0.717) is 38.9 Å². The summed E-state index contributed by atoms with van der Waals surface area (Å²) in [6.07, 6.45) is 1.98. The fourth-order valence-corrected chi connectivity index (χ4v) is 5.25. The Morgan fingerprint density at radius 1 is 1.23 bits per heavy atom. The van der Waals surface area contributed by atoms with Gasteiger partial charge in [-0.05, 0) is 31.0 Å². The second kappa shape index (κ2) is 8.84. The number of hydrogen-bond acceptors (Lipinski definition) is 8. The molecule has 0 radical (unpaired) electrons. The molecule has 2 heterocycles. The van der Waals surface area contributed by atoms with E-state index in [1.54, 1.807) is 25.2 Å². The summed E-state index contributed by atoms with van der Waals surface area (Å²) >= 11 is 8.12. The molecule has 5 N–H and O–H groups in total. The zero-order valence-corrected chi connectivity index (χ0v) is 18.2. The van der Waals surface area contributed by atoms with Crippen molar-refractivity contribution in [3.05, 3.63) is 23.8 Å². The number of fused-ring (bicyclic) bond motifs is 1. The number of carbonyl (C=O) groups excluding carboxylic acids is 2. The van der Waals surface area contributed by atoms with E-state index in [4.69, 9.17) is 11.6 Å². The first-order chi connectivity index (χ1) is 14.4. The van der Waals surface area contributed by atoms with Gasteiger partial charge in [0.25, 0.3) is 5.91 Å². The quantitative estimate of drug-likeness (QED) is 0.441. The van der Waals surface area contributed by atoms with Crippen LogP contribution in [0.2, 0.25) is 0 Å². The molecule has 1 aromatic heterocycles. The Morgan fingerprint density at radius 3 is 2.83 bits per heavy atom. The number of halogens is 1. The van der Waals surface area contributed by atoms with Crippen LogP contribution in [0.15, 0.2) is 18.2 Å². The number of nitrogens with zero attached hydrogens (tertiary/aromatic N) is 2. The summed E-state index contributed by atoms with van der Waals surface area (Å²) in [5, 5.41) is 18.6. The van der Waals surface area contributed by atoms with Crippen LogP contribution in [0.1, 0.15) is 30.1 Å². The van der Waals surface area contributed by atoms with E-state index in [1.165, 1.54) is 18.3 Å². The Morgan fingerprint density at radius 2 is 2.07 bits per heavy atom. The number of amides is 2. The first kappa shape index (κ1) is 21.0. The Balaban J connectivity index is 1.54. The summed E-state index contributed by atoms with van der Waals surface area (Å²) < 4.78 is 0. The van der Waals surface area contributed by atoms with Crippen molar-refractivity contribution >= 4 is 45.6 Å². The third kappa shape index (κ3) is 4.41. The summed E-state index contributed by atoms with van der Waals surface area (Å²) in [5.41, 5.74) is 8.15. The highest BCUT2D eigenvalue weighted by atomic mass is 35.5. The molecule has 0 bridgehead atoms. The number of anilines is 2. The number of alkyl halides is 1. The van der Waals surface area contributed by atoms with Crippen LogP contribution in [0, 0.1) is 5.92 Å². The van der Waals surface area contributed by atoms with Crippen molar-refractivity contribution in [1.82, 2.24) is 26.4 Å². The van der Waals surface area contributed by atoms with Crippen LogP contribution in [0.4, 0.5) is 10.8 Å². The molecule has 1 saturated carbocycles. The Bertz CT molecular complexity index is 953. The molecule has 4 atom stereocenters. The molecule has 11 heteroatoms. The molecule has 2 aromatic rings. The van der Waals surface area contributed by atoms with Crippen LogP contribution in [-0.2, 0) is 4.79 Å². The number of nitrogens with one attached hydrogen (secondary N) is 5. The van der Waals surface area contributed by atoms with E-state index < -0.39 is 0 Å². The molecule has 2 amide bonds. The van der Waals surface area contributed by atoms with Gasteiger partial charge in [0.2, 0.25) is 11.0 Å². The van der Waals surface area contributed by atoms with Gasteiger partial charge in [0.1, 0.15) is 5.01 Å². The van der Waals surface area contributed by atoms with Crippen molar-refractivity contribution in [2.75, 3.05) is 24.2 Å².